The summed E-state index contributed by atoms with van der Waals surface area (Å²) >= 11 is 1.88. The molecule has 4 heteroatoms. The Hall–Kier alpha value is -5.51. The Morgan fingerprint density at radius 3 is 1.96 bits per heavy atom. The monoisotopic (exact) mass is 849 g/mol. The Morgan fingerprint density at radius 1 is 0.490 bits per heavy atom. The molecule has 247 valence electrons. The average molecular weight is 849 g/mol. The van der Waals surface area contributed by atoms with Crippen molar-refractivity contribution < 1.29 is 20.1 Å². The van der Waals surface area contributed by atoms with Gasteiger partial charge in [-0.05, 0) is 70.4 Å². The molecule has 0 atom stereocenters. The van der Waals surface area contributed by atoms with E-state index in [0.29, 0.717) is 0 Å². The van der Waals surface area contributed by atoms with Gasteiger partial charge in [0.25, 0.3) is 0 Å². The summed E-state index contributed by atoms with van der Waals surface area (Å²) in [7, 11) is 0. The van der Waals surface area contributed by atoms with Crippen LogP contribution in [0.4, 0.5) is 0 Å². The molecule has 3 aromatic heterocycles. The number of hydrogen-bond donors (Lipinski definition) is 0. The third-order valence-electron chi connectivity index (χ3n) is 8.75. The molecule has 3 heterocycles. The first-order valence-electron chi connectivity index (χ1n) is 16.6. The average Bonchev–Trinajstić information content (AvgIpc) is 3.58. The SMILES string of the molecule is Cc1cccc(-c2[c-]ccc(-c3ccc(-c4cccc(-c5cccc6c5sc5ccccc56)c4)cc3)c2)n1.[Ir].[c-]1ccccc1-c1ccccn1. The molecule has 6 aromatic carbocycles. The molecule has 0 aliphatic heterocycles. The van der Waals surface area contributed by atoms with E-state index in [1.807, 2.05) is 85.0 Å². The second kappa shape index (κ2) is 15.6. The van der Waals surface area contributed by atoms with Crippen LogP contribution in [0.1, 0.15) is 5.69 Å². The maximum Gasteiger partial charge on any atom is 0.0433 e. The number of nitrogens with zero attached hydrogens (tertiary/aromatic N) is 2. The summed E-state index contributed by atoms with van der Waals surface area (Å²) in [6.07, 6.45) is 1.79. The zero-order valence-electron chi connectivity index (χ0n) is 27.9. The molecule has 0 bridgehead atoms. The molecular formula is C47H32IrN2S-2. The summed E-state index contributed by atoms with van der Waals surface area (Å²) < 4.78 is 2.68. The molecule has 9 aromatic rings. The fraction of sp³-hybridized carbons (Fsp3) is 0.0213. The van der Waals surface area contributed by atoms with Gasteiger partial charge in [0.1, 0.15) is 0 Å². The fourth-order valence-corrected chi connectivity index (χ4v) is 7.50. The van der Waals surface area contributed by atoms with Gasteiger partial charge in [0, 0.05) is 52.2 Å². The summed E-state index contributed by atoms with van der Waals surface area (Å²) in [5.41, 5.74) is 12.3. The van der Waals surface area contributed by atoms with Gasteiger partial charge in [0.05, 0.1) is 0 Å². The molecule has 0 saturated heterocycles. The van der Waals surface area contributed by atoms with Crippen molar-refractivity contribution in [3.05, 3.63) is 194 Å². The van der Waals surface area contributed by atoms with Crippen molar-refractivity contribution >= 4 is 31.5 Å². The maximum absolute atomic E-state index is 4.67. The van der Waals surface area contributed by atoms with E-state index in [9.17, 15) is 0 Å². The van der Waals surface area contributed by atoms with Gasteiger partial charge in [-0.2, -0.15) is 0 Å². The first-order chi connectivity index (χ1) is 24.7. The number of thiophene rings is 1. The van der Waals surface area contributed by atoms with Gasteiger partial charge in [-0.15, -0.1) is 82.6 Å². The van der Waals surface area contributed by atoms with Crippen molar-refractivity contribution in [2.24, 2.45) is 0 Å². The van der Waals surface area contributed by atoms with Gasteiger partial charge in [0.2, 0.25) is 0 Å². The minimum atomic E-state index is 0. The summed E-state index contributed by atoms with van der Waals surface area (Å²) in [5, 5.41) is 2.67. The molecule has 0 saturated carbocycles. The van der Waals surface area contributed by atoms with Crippen LogP contribution < -0.4 is 0 Å². The Balaban J connectivity index is 0.000000265. The number of fused-ring (bicyclic) bond motifs is 3. The van der Waals surface area contributed by atoms with Crippen molar-refractivity contribution in [2.75, 3.05) is 0 Å². The van der Waals surface area contributed by atoms with Gasteiger partial charge in [-0.3, -0.25) is 0 Å². The number of aromatic nitrogens is 2. The van der Waals surface area contributed by atoms with Crippen LogP contribution >= 0.6 is 11.3 Å². The van der Waals surface area contributed by atoms with Crippen LogP contribution in [0.2, 0.25) is 0 Å². The van der Waals surface area contributed by atoms with Crippen molar-refractivity contribution in [2.45, 2.75) is 6.92 Å². The maximum atomic E-state index is 4.67. The van der Waals surface area contributed by atoms with Crippen LogP contribution in [0, 0.1) is 19.1 Å². The minimum absolute atomic E-state index is 0. The van der Waals surface area contributed by atoms with Crippen molar-refractivity contribution in [3.63, 3.8) is 0 Å². The summed E-state index contributed by atoms with van der Waals surface area (Å²) in [5.74, 6) is 0. The van der Waals surface area contributed by atoms with Gasteiger partial charge in [0.15, 0.2) is 0 Å². The van der Waals surface area contributed by atoms with E-state index >= 15 is 0 Å². The molecular weight excluding hydrogens is 817 g/mol. The molecule has 0 unspecified atom stereocenters. The van der Waals surface area contributed by atoms with E-state index in [-0.39, 0.29) is 20.1 Å². The number of aryl methyl sites for hydroxylation is 1. The third-order valence-corrected chi connectivity index (χ3v) is 9.97. The van der Waals surface area contributed by atoms with Crippen molar-refractivity contribution in [1.29, 1.82) is 0 Å². The minimum Gasteiger partial charge on any atom is -0.305 e. The standard InChI is InChI=1S/C36H24NS.C11H8N.Ir/c1-24-8-4-16-34(37-24)30-12-6-10-28(23-30)26-20-18-25(19-21-26)27-9-5-11-29(22-27)31-14-7-15-33-32-13-2-3-17-35(32)38-36(31)33;1-2-6-10(7-3-1)11-8-4-5-9-12-11;/h2-11,13-23H,1H3;1-6,8-9H;/q2*-1;. The van der Waals surface area contributed by atoms with Crippen LogP contribution in [0.3, 0.4) is 0 Å². The molecule has 0 N–H and O–H groups in total. The zero-order chi connectivity index (χ0) is 33.7. The van der Waals surface area contributed by atoms with Crippen molar-refractivity contribution in [3.8, 4) is 55.9 Å². The van der Waals surface area contributed by atoms with Gasteiger partial charge in [-0.1, -0.05) is 103 Å². The van der Waals surface area contributed by atoms with E-state index in [4.69, 9.17) is 0 Å². The van der Waals surface area contributed by atoms with Gasteiger partial charge in [-0.25, -0.2) is 0 Å². The smallest absolute Gasteiger partial charge is 0.0433 e. The molecule has 1 radical (unpaired) electrons. The van der Waals surface area contributed by atoms with E-state index in [0.717, 1.165) is 28.2 Å². The fourth-order valence-electron chi connectivity index (χ4n) is 6.26. The normalized spacial score (nSPS) is 10.7. The Bertz CT molecular complexity index is 2500. The number of hydrogen-bond acceptors (Lipinski definition) is 3. The largest absolute Gasteiger partial charge is 0.305 e. The van der Waals surface area contributed by atoms with Crippen LogP contribution in [-0.2, 0) is 20.1 Å². The van der Waals surface area contributed by atoms with Crippen LogP contribution in [0.15, 0.2) is 176 Å². The number of pyridine rings is 2. The Morgan fingerprint density at radius 2 is 1.18 bits per heavy atom. The van der Waals surface area contributed by atoms with Crippen molar-refractivity contribution in [1.82, 2.24) is 9.97 Å². The second-order valence-corrected chi connectivity index (χ2v) is 13.1. The molecule has 51 heavy (non-hydrogen) atoms. The first-order valence-corrected chi connectivity index (χ1v) is 17.5. The van der Waals surface area contributed by atoms with Crippen LogP contribution in [-0.4, -0.2) is 9.97 Å². The number of rotatable bonds is 5. The molecule has 0 amide bonds. The molecule has 0 fully saturated rings. The van der Waals surface area contributed by atoms with Gasteiger partial charge < -0.3 is 9.97 Å². The quantitative estimate of drug-likeness (QED) is 0.161. The zero-order valence-corrected chi connectivity index (χ0v) is 31.1. The Labute approximate surface area is 316 Å². The van der Waals surface area contributed by atoms with Crippen LogP contribution in [0.25, 0.3) is 76.1 Å². The summed E-state index contributed by atoms with van der Waals surface area (Å²) in [4.78, 5) is 8.88. The molecule has 2 nitrogen and oxygen atoms in total. The van der Waals surface area contributed by atoms with E-state index in [2.05, 4.69) is 125 Å². The molecule has 0 spiro atoms. The van der Waals surface area contributed by atoms with Crippen LogP contribution in [0.5, 0.6) is 0 Å². The van der Waals surface area contributed by atoms with E-state index in [1.165, 1.54) is 53.6 Å². The predicted octanol–water partition coefficient (Wildman–Crippen LogP) is 12.8. The predicted molar refractivity (Wildman–Crippen MR) is 211 cm³/mol. The molecule has 0 aliphatic rings. The van der Waals surface area contributed by atoms with E-state index in [1.54, 1.807) is 6.20 Å². The topological polar surface area (TPSA) is 25.8 Å². The third kappa shape index (κ3) is 7.50. The number of benzene rings is 6. The molecule has 0 aliphatic carbocycles. The Kier molecular flexibility index (Phi) is 10.4. The summed E-state index contributed by atoms with van der Waals surface area (Å²) in [6, 6.07) is 65.6. The second-order valence-electron chi connectivity index (χ2n) is 12.1. The summed E-state index contributed by atoms with van der Waals surface area (Å²) in [6.45, 7) is 2.02. The first kappa shape index (κ1) is 34.0. The van der Waals surface area contributed by atoms with Gasteiger partial charge >= 0.3 is 0 Å². The molecule has 9 rings (SSSR count). The van der Waals surface area contributed by atoms with E-state index < -0.39 is 0 Å².